The van der Waals surface area contributed by atoms with E-state index < -0.39 is 10.0 Å². The number of benzene rings is 1. The molecule has 16 heavy (non-hydrogen) atoms. The van der Waals surface area contributed by atoms with Crippen LogP contribution in [0.5, 0.6) is 0 Å². The first-order chi connectivity index (χ1) is 7.52. The minimum absolute atomic E-state index is 0.243. The third kappa shape index (κ3) is 2.95. The number of hydrogen-bond donors (Lipinski definition) is 1. The third-order valence-electron chi connectivity index (χ3n) is 2.18. The highest BCUT2D eigenvalue weighted by Crippen LogP contribution is 2.17. The lowest BCUT2D eigenvalue weighted by Crippen LogP contribution is -2.35. The molecule has 1 rings (SSSR count). The molecule has 0 amide bonds. The fraction of sp³-hybridized carbons (Fsp3) is 0.400. The number of nitrogens with two attached hydrogens (primary N) is 1. The van der Waals surface area contributed by atoms with Crippen LogP contribution in [0.15, 0.2) is 29.2 Å². The van der Waals surface area contributed by atoms with E-state index in [4.69, 9.17) is 17.3 Å². The van der Waals surface area contributed by atoms with Crippen molar-refractivity contribution >= 4 is 21.6 Å². The van der Waals surface area contributed by atoms with E-state index in [1.54, 1.807) is 19.1 Å². The molecule has 0 fully saturated rings. The Kier molecular flexibility index (Phi) is 4.73. The van der Waals surface area contributed by atoms with Gasteiger partial charge in [0.2, 0.25) is 10.0 Å². The molecule has 0 aromatic heterocycles. The van der Waals surface area contributed by atoms with Gasteiger partial charge in [-0.1, -0.05) is 18.5 Å². The largest absolute Gasteiger partial charge is 0.329 e. The zero-order chi connectivity index (χ0) is 12.2. The summed E-state index contributed by atoms with van der Waals surface area (Å²) >= 11 is 5.71. The van der Waals surface area contributed by atoms with Crippen molar-refractivity contribution in [3.63, 3.8) is 0 Å². The molecule has 4 nitrogen and oxygen atoms in total. The molecule has 1 aromatic rings. The molecule has 0 bridgehead atoms. The summed E-state index contributed by atoms with van der Waals surface area (Å²) in [7, 11) is -3.44. The second kappa shape index (κ2) is 5.63. The Bertz CT molecular complexity index is 431. The summed E-state index contributed by atoms with van der Waals surface area (Å²) in [5.41, 5.74) is 5.38. The Morgan fingerprint density at radius 2 is 1.88 bits per heavy atom. The number of rotatable bonds is 5. The molecule has 0 atom stereocenters. The minimum Gasteiger partial charge on any atom is -0.329 e. The Hall–Kier alpha value is -0.620. The molecule has 1 aromatic carbocycles. The first-order valence-corrected chi connectivity index (χ1v) is 6.80. The van der Waals surface area contributed by atoms with E-state index in [1.807, 2.05) is 0 Å². The standard InChI is InChI=1S/C10H15ClN2O2S/c1-2-13(8-7-12)16(14,15)10-5-3-9(11)4-6-10/h3-6H,2,7-8,12H2,1H3. The summed E-state index contributed by atoms with van der Waals surface area (Å²) in [6.45, 7) is 2.81. The van der Waals surface area contributed by atoms with Gasteiger partial charge in [0, 0.05) is 24.7 Å². The van der Waals surface area contributed by atoms with Crippen molar-refractivity contribution in [2.75, 3.05) is 19.6 Å². The van der Waals surface area contributed by atoms with E-state index in [2.05, 4.69) is 0 Å². The highest BCUT2D eigenvalue weighted by atomic mass is 35.5. The van der Waals surface area contributed by atoms with Crippen LogP contribution in [0, 0.1) is 0 Å². The molecular weight excluding hydrogens is 248 g/mol. The molecule has 0 aliphatic rings. The first kappa shape index (κ1) is 13.4. The maximum Gasteiger partial charge on any atom is 0.243 e. The summed E-state index contributed by atoms with van der Waals surface area (Å²) < 4.78 is 25.5. The smallest absolute Gasteiger partial charge is 0.243 e. The lowest BCUT2D eigenvalue weighted by molar-refractivity contribution is 0.435. The van der Waals surface area contributed by atoms with Crippen LogP contribution in [0.1, 0.15) is 6.92 Å². The molecule has 0 heterocycles. The van der Waals surface area contributed by atoms with Gasteiger partial charge < -0.3 is 5.73 Å². The van der Waals surface area contributed by atoms with Gasteiger partial charge in [-0.2, -0.15) is 4.31 Å². The highest BCUT2D eigenvalue weighted by Gasteiger charge is 2.21. The van der Waals surface area contributed by atoms with Crippen molar-refractivity contribution in [2.45, 2.75) is 11.8 Å². The van der Waals surface area contributed by atoms with Gasteiger partial charge in [-0.25, -0.2) is 8.42 Å². The zero-order valence-corrected chi connectivity index (χ0v) is 10.6. The first-order valence-electron chi connectivity index (χ1n) is 4.98. The maximum atomic E-state index is 12.1. The summed E-state index contributed by atoms with van der Waals surface area (Å²) in [6, 6.07) is 6.11. The lowest BCUT2D eigenvalue weighted by Gasteiger charge is -2.19. The van der Waals surface area contributed by atoms with Gasteiger partial charge in [-0.05, 0) is 24.3 Å². The average Bonchev–Trinajstić information content (AvgIpc) is 2.26. The van der Waals surface area contributed by atoms with Crippen molar-refractivity contribution in [3.8, 4) is 0 Å². The van der Waals surface area contributed by atoms with Gasteiger partial charge in [-0.3, -0.25) is 0 Å². The van der Waals surface area contributed by atoms with Crippen LogP contribution in [0.2, 0.25) is 5.02 Å². The molecule has 0 saturated carbocycles. The van der Waals surface area contributed by atoms with Crippen LogP contribution in [-0.2, 0) is 10.0 Å². The third-order valence-corrected chi connectivity index (χ3v) is 4.42. The SMILES string of the molecule is CCN(CCN)S(=O)(=O)c1ccc(Cl)cc1. The molecule has 90 valence electrons. The van der Waals surface area contributed by atoms with Gasteiger partial charge in [0.15, 0.2) is 0 Å². The monoisotopic (exact) mass is 262 g/mol. The lowest BCUT2D eigenvalue weighted by atomic mass is 10.4. The predicted molar refractivity (Wildman–Crippen MR) is 64.9 cm³/mol. The predicted octanol–water partition coefficient (Wildman–Crippen LogP) is 1.31. The van der Waals surface area contributed by atoms with Crippen LogP contribution in [0.4, 0.5) is 0 Å². The van der Waals surface area contributed by atoms with E-state index in [-0.39, 0.29) is 4.90 Å². The van der Waals surface area contributed by atoms with Crippen LogP contribution in [0.25, 0.3) is 0 Å². The Morgan fingerprint density at radius 1 is 1.31 bits per heavy atom. The molecule has 0 aliphatic heterocycles. The van der Waals surface area contributed by atoms with Crippen molar-refractivity contribution < 1.29 is 8.42 Å². The number of sulfonamides is 1. The Labute approximate surface area is 101 Å². The Morgan fingerprint density at radius 3 is 2.31 bits per heavy atom. The summed E-state index contributed by atoms with van der Waals surface area (Å²) in [4.78, 5) is 0.243. The van der Waals surface area contributed by atoms with E-state index >= 15 is 0 Å². The topological polar surface area (TPSA) is 63.4 Å². The van der Waals surface area contributed by atoms with E-state index in [1.165, 1.54) is 16.4 Å². The van der Waals surface area contributed by atoms with Crippen LogP contribution in [0.3, 0.4) is 0 Å². The van der Waals surface area contributed by atoms with Crippen molar-refractivity contribution in [1.29, 1.82) is 0 Å². The molecule has 0 radical (unpaired) electrons. The van der Waals surface area contributed by atoms with Crippen molar-refractivity contribution in [2.24, 2.45) is 5.73 Å². The highest BCUT2D eigenvalue weighted by molar-refractivity contribution is 7.89. The second-order valence-electron chi connectivity index (χ2n) is 3.24. The second-order valence-corrected chi connectivity index (χ2v) is 5.61. The zero-order valence-electron chi connectivity index (χ0n) is 9.06. The van der Waals surface area contributed by atoms with Gasteiger partial charge >= 0.3 is 0 Å². The van der Waals surface area contributed by atoms with Crippen LogP contribution in [-0.4, -0.2) is 32.4 Å². The van der Waals surface area contributed by atoms with Gasteiger partial charge in [-0.15, -0.1) is 0 Å². The normalized spacial score (nSPS) is 12.0. The molecule has 6 heteroatoms. The minimum atomic E-state index is -3.44. The summed E-state index contributed by atoms with van der Waals surface area (Å²) in [5.74, 6) is 0. The number of likely N-dealkylation sites (N-methyl/N-ethyl adjacent to an activating group) is 1. The van der Waals surface area contributed by atoms with Crippen LogP contribution < -0.4 is 5.73 Å². The molecule has 2 N–H and O–H groups in total. The van der Waals surface area contributed by atoms with Crippen molar-refractivity contribution in [1.82, 2.24) is 4.31 Å². The summed E-state index contributed by atoms with van der Waals surface area (Å²) in [5, 5.41) is 0.515. The van der Waals surface area contributed by atoms with Gasteiger partial charge in [0.25, 0.3) is 0 Å². The number of nitrogens with zero attached hydrogens (tertiary/aromatic N) is 1. The van der Waals surface area contributed by atoms with Gasteiger partial charge in [0.05, 0.1) is 4.90 Å². The average molecular weight is 263 g/mol. The van der Waals surface area contributed by atoms with Crippen LogP contribution >= 0.6 is 11.6 Å². The van der Waals surface area contributed by atoms with E-state index in [0.717, 1.165) is 0 Å². The number of halogens is 1. The number of hydrogen-bond acceptors (Lipinski definition) is 3. The molecule has 0 saturated heterocycles. The Balaban J connectivity index is 3.04. The van der Waals surface area contributed by atoms with Gasteiger partial charge in [0.1, 0.15) is 0 Å². The van der Waals surface area contributed by atoms with Crippen molar-refractivity contribution in [3.05, 3.63) is 29.3 Å². The fourth-order valence-electron chi connectivity index (χ4n) is 1.35. The quantitative estimate of drug-likeness (QED) is 0.870. The molecule has 0 spiro atoms. The molecular formula is C10H15ClN2O2S. The molecule has 0 aliphatic carbocycles. The molecule has 0 unspecified atom stereocenters. The fourth-order valence-corrected chi connectivity index (χ4v) is 2.94. The summed E-state index contributed by atoms with van der Waals surface area (Å²) in [6.07, 6.45) is 0. The maximum absolute atomic E-state index is 12.1. The van der Waals surface area contributed by atoms with E-state index in [0.29, 0.717) is 24.7 Å². The van der Waals surface area contributed by atoms with E-state index in [9.17, 15) is 8.42 Å².